The van der Waals surface area contributed by atoms with Crippen molar-refractivity contribution >= 4 is 73.0 Å². The van der Waals surface area contributed by atoms with Crippen LogP contribution in [0.1, 0.15) is 20.0 Å². The lowest BCUT2D eigenvalue weighted by atomic mass is 10.1. The first-order valence-electron chi connectivity index (χ1n) is 8.89. The fourth-order valence-electron chi connectivity index (χ4n) is 3.48. The number of piperazine rings is 1. The normalized spacial score (nSPS) is 14.8. The van der Waals surface area contributed by atoms with E-state index in [4.69, 9.17) is 23.2 Å². The van der Waals surface area contributed by atoms with E-state index in [9.17, 15) is 9.59 Å². The van der Waals surface area contributed by atoms with Crippen LogP contribution in [-0.2, 0) is 0 Å². The van der Waals surface area contributed by atoms with Gasteiger partial charge in [0.2, 0.25) is 0 Å². The van der Waals surface area contributed by atoms with Crippen LogP contribution < -0.4 is 0 Å². The molecule has 4 aromatic rings. The van der Waals surface area contributed by atoms with Crippen molar-refractivity contribution in [1.82, 2.24) is 19.2 Å². The minimum Gasteiger partial charge on any atom is -0.335 e. The Bertz CT molecular complexity index is 1230. The van der Waals surface area contributed by atoms with Crippen LogP contribution in [-0.4, -0.2) is 57.2 Å². The summed E-state index contributed by atoms with van der Waals surface area (Å²) in [6.07, 6.45) is 1.96. The number of carbonyl (C=O) groups is 2. The van der Waals surface area contributed by atoms with Gasteiger partial charge >= 0.3 is 0 Å². The molecule has 10 heteroatoms. The summed E-state index contributed by atoms with van der Waals surface area (Å²) in [5, 5.41) is 2.83. The third-order valence-electron chi connectivity index (χ3n) is 4.91. The van der Waals surface area contributed by atoms with Crippen LogP contribution in [0.25, 0.3) is 15.3 Å². The maximum Gasteiger partial charge on any atom is 0.264 e. The van der Waals surface area contributed by atoms with E-state index in [2.05, 4.69) is 4.98 Å². The molecular formula is C19H14Cl2N4O2S2. The van der Waals surface area contributed by atoms with Gasteiger partial charge in [0.15, 0.2) is 4.96 Å². The summed E-state index contributed by atoms with van der Waals surface area (Å²) >= 11 is 15.0. The van der Waals surface area contributed by atoms with E-state index in [1.807, 2.05) is 22.0 Å². The summed E-state index contributed by atoms with van der Waals surface area (Å²) < 4.78 is 2.00. The molecule has 0 saturated carbocycles. The van der Waals surface area contributed by atoms with E-state index in [-0.39, 0.29) is 11.8 Å². The van der Waals surface area contributed by atoms with Crippen molar-refractivity contribution in [3.8, 4) is 0 Å². The van der Waals surface area contributed by atoms with Crippen LogP contribution in [0.3, 0.4) is 0 Å². The fraction of sp³-hybridized carbons (Fsp3) is 0.211. The third kappa shape index (κ3) is 3.40. The Morgan fingerprint density at radius 2 is 1.59 bits per heavy atom. The van der Waals surface area contributed by atoms with Gasteiger partial charge in [0.25, 0.3) is 11.8 Å². The molecular weight excluding hydrogens is 451 g/mol. The summed E-state index contributed by atoms with van der Waals surface area (Å²) in [5.41, 5.74) is 1.42. The molecule has 1 saturated heterocycles. The smallest absolute Gasteiger partial charge is 0.264 e. The van der Waals surface area contributed by atoms with Gasteiger partial charge in [-0.3, -0.25) is 14.0 Å². The Morgan fingerprint density at radius 1 is 0.931 bits per heavy atom. The first-order chi connectivity index (χ1) is 14.0. The zero-order valence-corrected chi connectivity index (χ0v) is 18.1. The molecule has 148 valence electrons. The highest BCUT2D eigenvalue weighted by molar-refractivity contribution is 7.21. The molecule has 0 radical (unpaired) electrons. The summed E-state index contributed by atoms with van der Waals surface area (Å²) in [5.74, 6) is -0.147. The van der Waals surface area contributed by atoms with Crippen molar-refractivity contribution in [1.29, 1.82) is 0 Å². The number of thiazole rings is 1. The topological polar surface area (TPSA) is 57.9 Å². The molecule has 1 aromatic carbocycles. The number of imidazole rings is 1. The summed E-state index contributed by atoms with van der Waals surface area (Å²) in [6, 6.07) is 6.72. The number of halogens is 2. The van der Waals surface area contributed by atoms with Crippen molar-refractivity contribution in [3.63, 3.8) is 0 Å². The number of rotatable bonds is 2. The zero-order valence-electron chi connectivity index (χ0n) is 15.0. The quantitative estimate of drug-likeness (QED) is 0.438. The molecule has 1 aliphatic heterocycles. The van der Waals surface area contributed by atoms with Crippen LogP contribution >= 0.6 is 45.9 Å². The highest BCUT2D eigenvalue weighted by Crippen LogP contribution is 2.29. The molecule has 1 aliphatic rings. The molecule has 0 spiro atoms. The van der Waals surface area contributed by atoms with E-state index in [0.717, 1.165) is 15.3 Å². The van der Waals surface area contributed by atoms with Gasteiger partial charge in [-0.25, -0.2) is 4.98 Å². The molecule has 3 aromatic heterocycles. The van der Waals surface area contributed by atoms with Gasteiger partial charge in [-0.1, -0.05) is 23.2 Å². The highest BCUT2D eigenvalue weighted by atomic mass is 35.5. The minimum atomic E-state index is -0.128. The fourth-order valence-corrected chi connectivity index (χ4v) is 5.78. The summed E-state index contributed by atoms with van der Waals surface area (Å²) in [4.78, 5) is 36.2. The third-order valence-corrected chi connectivity index (χ3v) is 7.11. The highest BCUT2D eigenvalue weighted by Gasteiger charge is 2.27. The SMILES string of the molecule is O=C(c1cc(Cl)cc(Cl)c1)N1CCN(C(=O)c2cc3c(nc4sccn43)s2)CC1. The first-order valence-corrected chi connectivity index (χ1v) is 11.3. The van der Waals surface area contributed by atoms with Gasteiger partial charge in [0.1, 0.15) is 4.83 Å². The number of benzene rings is 1. The molecule has 2 amide bonds. The number of aromatic nitrogens is 2. The Balaban J connectivity index is 1.29. The van der Waals surface area contributed by atoms with E-state index in [1.165, 1.54) is 11.3 Å². The zero-order chi connectivity index (χ0) is 20.1. The maximum absolute atomic E-state index is 12.9. The largest absolute Gasteiger partial charge is 0.335 e. The summed E-state index contributed by atoms with van der Waals surface area (Å²) in [7, 11) is 0. The monoisotopic (exact) mass is 464 g/mol. The minimum absolute atomic E-state index is 0.0186. The molecule has 4 heterocycles. The number of hydrogen-bond donors (Lipinski definition) is 0. The standard InChI is InChI=1S/C19H14Cl2N4O2S2/c20-12-7-11(8-13(21)9-12)17(26)23-1-3-24(4-2-23)18(27)15-10-14-16(29-15)22-19-25(14)5-6-28-19/h5-10H,1-4H2. The number of carbonyl (C=O) groups excluding carboxylic acids is 2. The maximum atomic E-state index is 12.9. The lowest BCUT2D eigenvalue weighted by Crippen LogP contribution is -2.50. The van der Waals surface area contributed by atoms with Crippen molar-refractivity contribution in [3.05, 3.63) is 56.3 Å². The van der Waals surface area contributed by atoms with Crippen LogP contribution in [0.5, 0.6) is 0 Å². The second-order valence-electron chi connectivity index (χ2n) is 6.71. The van der Waals surface area contributed by atoms with Crippen molar-refractivity contribution in [2.24, 2.45) is 0 Å². The van der Waals surface area contributed by atoms with E-state index in [1.54, 1.807) is 39.3 Å². The van der Waals surface area contributed by atoms with E-state index >= 15 is 0 Å². The van der Waals surface area contributed by atoms with Gasteiger partial charge in [-0.2, -0.15) is 0 Å². The average Bonchev–Trinajstić information content (AvgIpc) is 3.38. The molecule has 5 rings (SSSR count). The number of fused-ring (bicyclic) bond motifs is 3. The Labute approximate surface area is 183 Å². The van der Waals surface area contributed by atoms with Gasteiger partial charge in [0.05, 0.1) is 10.4 Å². The van der Waals surface area contributed by atoms with Gasteiger partial charge in [0, 0.05) is 53.4 Å². The first kappa shape index (κ1) is 18.9. The van der Waals surface area contributed by atoms with Crippen LogP contribution in [0.2, 0.25) is 10.0 Å². The van der Waals surface area contributed by atoms with Crippen molar-refractivity contribution in [2.45, 2.75) is 0 Å². The van der Waals surface area contributed by atoms with Gasteiger partial charge in [-0.05, 0) is 24.3 Å². The average molecular weight is 465 g/mol. The second-order valence-corrected chi connectivity index (χ2v) is 9.49. The predicted octanol–water partition coefficient (Wildman–Crippen LogP) is 4.52. The molecule has 0 unspecified atom stereocenters. The molecule has 0 aliphatic carbocycles. The Kier molecular flexibility index (Phi) is 4.74. The lowest BCUT2D eigenvalue weighted by Gasteiger charge is -2.34. The molecule has 0 bridgehead atoms. The second kappa shape index (κ2) is 7.28. The van der Waals surface area contributed by atoms with Crippen LogP contribution in [0.15, 0.2) is 35.8 Å². The number of nitrogens with zero attached hydrogens (tertiary/aromatic N) is 4. The molecule has 1 fully saturated rings. The van der Waals surface area contributed by atoms with E-state index < -0.39 is 0 Å². The van der Waals surface area contributed by atoms with Crippen molar-refractivity contribution in [2.75, 3.05) is 26.2 Å². The molecule has 29 heavy (non-hydrogen) atoms. The van der Waals surface area contributed by atoms with Crippen LogP contribution in [0, 0.1) is 0 Å². The Hall–Kier alpha value is -2.13. The van der Waals surface area contributed by atoms with Crippen molar-refractivity contribution < 1.29 is 9.59 Å². The Morgan fingerprint density at radius 3 is 2.28 bits per heavy atom. The number of thiophene rings is 1. The van der Waals surface area contributed by atoms with Gasteiger partial charge < -0.3 is 9.80 Å². The molecule has 6 nitrogen and oxygen atoms in total. The number of hydrogen-bond acceptors (Lipinski definition) is 5. The van der Waals surface area contributed by atoms with E-state index in [0.29, 0.717) is 46.7 Å². The van der Waals surface area contributed by atoms with Crippen LogP contribution in [0.4, 0.5) is 0 Å². The molecule has 0 atom stereocenters. The van der Waals surface area contributed by atoms with Gasteiger partial charge in [-0.15, -0.1) is 22.7 Å². The lowest BCUT2D eigenvalue weighted by molar-refractivity contribution is 0.0538. The number of amides is 2. The summed E-state index contributed by atoms with van der Waals surface area (Å²) in [6.45, 7) is 1.89. The predicted molar refractivity (Wildman–Crippen MR) is 117 cm³/mol. The molecule has 0 N–H and O–H groups in total.